The van der Waals surface area contributed by atoms with Crippen molar-refractivity contribution in [2.45, 2.75) is 39.9 Å². The lowest BCUT2D eigenvalue weighted by atomic mass is 10.5. The van der Waals surface area contributed by atoms with Crippen molar-refractivity contribution in [3.63, 3.8) is 0 Å². The minimum atomic E-state index is -0.0812. The molecule has 0 spiro atoms. The van der Waals surface area contributed by atoms with E-state index in [9.17, 15) is 0 Å². The Hall–Kier alpha value is -2.12. The van der Waals surface area contributed by atoms with E-state index in [0.717, 1.165) is 0 Å². The molecular weight excluding hydrogens is 236 g/mol. The van der Waals surface area contributed by atoms with Gasteiger partial charge in [-0.25, -0.2) is 4.98 Å². The van der Waals surface area contributed by atoms with E-state index in [0.29, 0.717) is 0 Å². The lowest BCUT2D eigenvalue weighted by Gasteiger charge is -2.08. The maximum atomic E-state index is 5.77. The first kappa shape index (κ1) is 13.9. The first-order chi connectivity index (χ1) is 8.50. The van der Waals surface area contributed by atoms with Gasteiger partial charge in [-0.3, -0.25) is 0 Å². The van der Waals surface area contributed by atoms with E-state index in [2.05, 4.69) is 20.4 Å². The van der Waals surface area contributed by atoms with Crippen molar-refractivity contribution in [2.75, 3.05) is 0 Å². The summed E-state index contributed by atoms with van der Waals surface area (Å²) in [7, 11) is 0. The average Bonchev–Trinajstić information content (AvgIpc) is 2.79. The van der Waals surface area contributed by atoms with Crippen LogP contribution < -0.4 is 5.73 Å². The zero-order valence-electron chi connectivity index (χ0n) is 10.9. The molecule has 0 atom stereocenters. The van der Waals surface area contributed by atoms with E-state index >= 15 is 0 Å². The Morgan fingerprint density at radius 2 is 1.78 bits per heavy atom. The number of oxime groups is 2. The predicted molar refractivity (Wildman–Crippen MR) is 66.9 cm³/mol. The molecule has 100 valence electrons. The van der Waals surface area contributed by atoms with Gasteiger partial charge in [0.25, 0.3) is 0 Å². The number of rotatable bonds is 4. The summed E-state index contributed by atoms with van der Waals surface area (Å²) in [5.41, 5.74) is 5.77. The Morgan fingerprint density at radius 3 is 2.28 bits per heavy atom. The summed E-state index contributed by atoms with van der Waals surface area (Å²) in [6.45, 7) is 7.38. The van der Waals surface area contributed by atoms with Crippen LogP contribution in [0.3, 0.4) is 0 Å². The normalized spacial score (nSPS) is 13.2. The van der Waals surface area contributed by atoms with Crippen LogP contribution in [0.15, 0.2) is 23.0 Å². The predicted octanol–water partition coefficient (Wildman–Crippen LogP) is 0.562. The van der Waals surface area contributed by atoms with Gasteiger partial charge < -0.3 is 15.4 Å². The molecule has 0 aliphatic heterocycles. The van der Waals surface area contributed by atoms with Crippen molar-refractivity contribution >= 4 is 11.7 Å². The fourth-order valence-electron chi connectivity index (χ4n) is 0.882. The van der Waals surface area contributed by atoms with Gasteiger partial charge in [-0.1, -0.05) is 10.3 Å². The number of nitrogens with two attached hydrogens (primary N) is 1. The largest absolute Gasteiger partial charge is 0.391 e. The minimum absolute atomic E-state index is 0.0647. The van der Waals surface area contributed by atoms with Gasteiger partial charge in [-0.2, -0.15) is 9.78 Å². The van der Waals surface area contributed by atoms with Crippen LogP contribution in [0.25, 0.3) is 0 Å². The van der Waals surface area contributed by atoms with Crippen molar-refractivity contribution in [1.82, 2.24) is 14.8 Å². The van der Waals surface area contributed by atoms with Crippen LogP contribution in [0.4, 0.5) is 0 Å². The molecule has 1 heterocycles. The van der Waals surface area contributed by atoms with Gasteiger partial charge in [0.05, 0.1) is 0 Å². The zero-order chi connectivity index (χ0) is 13.5. The number of hydrogen-bond acceptors (Lipinski definition) is 6. The summed E-state index contributed by atoms with van der Waals surface area (Å²) in [5, 5.41) is 11.6. The molecule has 0 radical (unpaired) electrons. The summed E-state index contributed by atoms with van der Waals surface area (Å²) in [6.07, 6.45) is 2.65. The molecule has 0 amide bonds. The topological polar surface area (TPSA) is 99.9 Å². The molecule has 0 aromatic carbocycles. The number of aromatic nitrogens is 3. The summed E-state index contributed by atoms with van der Waals surface area (Å²) in [4.78, 5) is 14.0. The number of hydrogen-bond donors (Lipinski definition) is 1. The highest BCUT2D eigenvalue weighted by atomic mass is 16.6. The SMILES string of the molecule is CC(C)O/N=C(N)\C(=N/OC(C)C)n1cncn1. The van der Waals surface area contributed by atoms with Gasteiger partial charge in [0, 0.05) is 0 Å². The molecule has 0 unspecified atom stereocenters. The monoisotopic (exact) mass is 254 g/mol. The van der Waals surface area contributed by atoms with Gasteiger partial charge >= 0.3 is 0 Å². The van der Waals surface area contributed by atoms with Gasteiger partial charge in [-0.15, -0.1) is 0 Å². The van der Waals surface area contributed by atoms with Crippen LogP contribution in [0.2, 0.25) is 0 Å². The summed E-state index contributed by atoms with van der Waals surface area (Å²) in [6, 6.07) is 0. The van der Waals surface area contributed by atoms with Crippen LogP contribution in [-0.2, 0) is 9.68 Å². The zero-order valence-corrected chi connectivity index (χ0v) is 10.9. The third-order valence-corrected chi connectivity index (χ3v) is 1.58. The average molecular weight is 254 g/mol. The van der Waals surface area contributed by atoms with Crippen LogP contribution in [0.5, 0.6) is 0 Å². The molecule has 2 N–H and O–H groups in total. The smallest absolute Gasteiger partial charge is 0.240 e. The molecule has 18 heavy (non-hydrogen) atoms. The van der Waals surface area contributed by atoms with E-state index in [1.165, 1.54) is 17.3 Å². The molecular formula is C10H18N6O2. The minimum Gasteiger partial charge on any atom is -0.391 e. The van der Waals surface area contributed by atoms with Gasteiger partial charge in [-0.05, 0) is 27.7 Å². The van der Waals surface area contributed by atoms with E-state index in [1.807, 2.05) is 27.7 Å². The Balaban J connectivity index is 2.91. The van der Waals surface area contributed by atoms with Crippen LogP contribution in [0, 0.1) is 0 Å². The molecule has 8 nitrogen and oxygen atoms in total. The second-order valence-electron chi connectivity index (χ2n) is 4.04. The Morgan fingerprint density at radius 1 is 1.17 bits per heavy atom. The molecule has 0 aliphatic rings. The van der Waals surface area contributed by atoms with Crippen LogP contribution in [0.1, 0.15) is 27.7 Å². The Bertz CT molecular complexity index is 410. The van der Waals surface area contributed by atoms with Crippen LogP contribution in [-0.4, -0.2) is 38.6 Å². The molecule has 1 rings (SSSR count). The molecule has 0 saturated carbocycles. The molecule has 0 saturated heterocycles. The summed E-state index contributed by atoms with van der Waals surface area (Å²) in [5.74, 6) is 0.289. The molecule has 8 heteroatoms. The second-order valence-corrected chi connectivity index (χ2v) is 4.04. The Kier molecular flexibility index (Phi) is 5.09. The van der Waals surface area contributed by atoms with Gasteiger partial charge in [0.1, 0.15) is 24.9 Å². The van der Waals surface area contributed by atoms with Crippen molar-refractivity contribution in [1.29, 1.82) is 0 Å². The number of nitrogens with zero attached hydrogens (tertiary/aromatic N) is 5. The second kappa shape index (κ2) is 6.58. The van der Waals surface area contributed by atoms with Crippen molar-refractivity contribution in [3.8, 4) is 0 Å². The highest BCUT2D eigenvalue weighted by Gasteiger charge is 2.12. The fourth-order valence-corrected chi connectivity index (χ4v) is 0.882. The highest BCUT2D eigenvalue weighted by molar-refractivity contribution is 6.39. The molecule has 0 bridgehead atoms. The van der Waals surface area contributed by atoms with E-state index in [-0.39, 0.29) is 23.9 Å². The fraction of sp³-hybridized carbons (Fsp3) is 0.600. The summed E-state index contributed by atoms with van der Waals surface area (Å²) < 4.78 is 1.35. The highest BCUT2D eigenvalue weighted by Crippen LogP contribution is 1.95. The molecule has 0 fully saturated rings. The molecule has 1 aromatic rings. The third kappa shape index (κ3) is 4.40. The Labute approximate surface area is 105 Å². The van der Waals surface area contributed by atoms with E-state index in [1.54, 1.807) is 0 Å². The third-order valence-electron chi connectivity index (χ3n) is 1.58. The maximum absolute atomic E-state index is 5.77. The van der Waals surface area contributed by atoms with Crippen molar-refractivity contribution in [2.24, 2.45) is 16.0 Å². The first-order valence-electron chi connectivity index (χ1n) is 5.59. The quantitative estimate of drug-likeness (QED) is 0.481. The van der Waals surface area contributed by atoms with Crippen LogP contribution >= 0.6 is 0 Å². The van der Waals surface area contributed by atoms with E-state index < -0.39 is 0 Å². The van der Waals surface area contributed by atoms with Gasteiger partial charge in [0.15, 0.2) is 0 Å². The standard InChI is InChI=1S/C10H18N6O2/c1-7(2)17-14-9(11)10(15-18-8(3)4)16-6-12-5-13-16/h5-8H,1-4H3,(H2,11,14)/b15-10+. The maximum Gasteiger partial charge on any atom is 0.240 e. The first-order valence-corrected chi connectivity index (χ1v) is 5.59. The lowest BCUT2D eigenvalue weighted by molar-refractivity contribution is 0.0822. The molecule has 1 aromatic heterocycles. The van der Waals surface area contributed by atoms with Gasteiger partial charge in [0.2, 0.25) is 11.7 Å². The van der Waals surface area contributed by atoms with Crippen molar-refractivity contribution < 1.29 is 9.68 Å². The number of amidine groups is 1. The van der Waals surface area contributed by atoms with Crippen molar-refractivity contribution in [3.05, 3.63) is 12.7 Å². The molecule has 0 aliphatic carbocycles. The van der Waals surface area contributed by atoms with E-state index in [4.69, 9.17) is 15.4 Å². The summed E-state index contributed by atoms with van der Waals surface area (Å²) >= 11 is 0. The lowest BCUT2D eigenvalue weighted by Crippen LogP contribution is -2.32.